The molecule has 1 atom stereocenters. The second-order valence-corrected chi connectivity index (χ2v) is 11.1. The molecule has 0 aliphatic rings. The van der Waals surface area contributed by atoms with Crippen LogP contribution in [-0.4, -0.2) is 148 Å². The van der Waals surface area contributed by atoms with Gasteiger partial charge >= 0.3 is 23.9 Å². The Labute approximate surface area is 278 Å². The summed E-state index contributed by atoms with van der Waals surface area (Å²) in [5.74, 6) is -6.26. The smallest absolute Gasteiger partial charge is 0.317 e. The van der Waals surface area contributed by atoms with Crippen molar-refractivity contribution in [1.82, 2.24) is 30.9 Å². The lowest BCUT2D eigenvalue weighted by Crippen LogP contribution is -2.49. The molecule has 1 aromatic carbocycles. The van der Waals surface area contributed by atoms with Gasteiger partial charge in [0.25, 0.3) is 5.91 Å². The van der Waals surface area contributed by atoms with Crippen LogP contribution in [0.25, 0.3) is 0 Å². The van der Waals surface area contributed by atoms with Gasteiger partial charge in [-0.1, -0.05) is 36.8 Å². The highest BCUT2D eigenvalue weighted by atomic mass is 16.4. The monoisotopic (exact) mass is 681 g/mol. The van der Waals surface area contributed by atoms with Crippen molar-refractivity contribution < 1.29 is 54.0 Å². The maximum Gasteiger partial charge on any atom is 0.317 e. The second kappa shape index (κ2) is 23.6. The molecular weight excluding hydrogens is 634 g/mol. The number of benzene rings is 1. The summed E-state index contributed by atoms with van der Waals surface area (Å²) in [6, 6.07) is 8.77. The first-order valence-electron chi connectivity index (χ1n) is 15.4. The Kier molecular flexibility index (Phi) is 20.4. The van der Waals surface area contributed by atoms with Gasteiger partial charge < -0.3 is 31.5 Å². The van der Waals surface area contributed by atoms with Crippen LogP contribution in [0.1, 0.15) is 37.7 Å². The molecule has 0 saturated heterocycles. The molecule has 18 heteroatoms. The molecule has 18 nitrogen and oxygen atoms in total. The van der Waals surface area contributed by atoms with Crippen LogP contribution < -0.4 is 21.9 Å². The number of carboxylic acid groups (broad SMARTS) is 4. The number of aliphatic carboxylic acids is 4. The summed E-state index contributed by atoms with van der Waals surface area (Å²) in [6.07, 6.45) is 2.76. The highest BCUT2D eigenvalue weighted by Crippen LogP contribution is 2.04. The van der Waals surface area contributed by atoms with Gasteiger partial charge in [0.05, 0.1) is 38.8 Å². The highest BCUT2D eigenvalue weighted by Gasteiger charge is 2.20. The van der Waals surface area contributed by atoms with Gasteiger partial charge in [-0.3, -0.25) is 59.1 Å². The number of rotatable bonds is 26. The Morgan fingerprint density at radius 1 is 0.625 bits per heavy atom. The quantitative estimate of drug-likeness (QED) is 0.0389. The second-order valence-electron chi connectivity index (χ2n) is 11.1. The van der Waals surface area contributed by atoms with Crippen LogP contribution in [0.15, 0.2) is 30.3 Å². The van der Waals surface area contributed by atoms with Crippen molar-refractivity contribution in [2.24, 2.45) is 5.73 Å². The Morgan fingerprint density at radius 3 is 1.62 bits per heavy atom. The molecular formula is C30H47N7O11. The molecule has 48 heavy (non-hydrogen) atoms. The molecule has 0 aliphatic heterocycles. The van der Waals surface area contributed by atoms with Gasteiger partial charge in [-0.2, -0.15) is 0 Å². The number of hydrazine groups is 1. The minimum absolute atomic E-state index is 0.0358. The number of nitrogens with two attached hydrogens (primary N) is 1. The molecule has 1 rings (SSSR count). The first-order chi connectivity index (χ1) is 22.7. The molecule has 0 spiro atoms. The fraction of sp³-hybridized carbons (Fsp3) is 0.567. The molecule has 1 aromatic rings. The van der Waals surface area contributed by atoms with Gasteiger partial charge in [-0.25, -0.2) is 0 Å². The highest BCUT2D eigenvalue weighted by molar-refractivity contribution is 5.85. The zero-order chi connectivity index (χ0) is 35.9. The number of carbonyl (C=O) groups excluding carboxylic acids is 3. The van der Waals surface area contributed by atoms with E-state index >= 15 is 0 Å². The summed E-state index contributed by atoms with van der Waals surface area (Å²) in [6.45, 7) is -2.11. The van der Waals surface area contributed by atoms with Gasteiger partial charge in [-0.15, -0.1) is 0 Å². The predicted octanol–water partition coefficient (Wildman–Crippen LogP) is -1.99. The lowest BCUT2D eigenvalue weighted by atomic mass is 10.1. The number of hydrogen-bond donors (Lipinski definition) is 8. The third kappa shape index (κ3) is 21.2. The summed E-state index contributed by atoms with van der Waals surface area (Å²) >= 11 is 0. The Morgan fingerprint density at radius 2 is 1.12 bits per heavy atom. The predicted molar refractivity (Wildman–Crippen MR) is 170 cm³/mol. The minimum Gasteiger partial charge on any atom is -0.480 e. The molecule has 0 radical (unpaired) electrons. The summed E-state index contributed by atoms with van der Waals surface area (Å²) in [4.78, 5) is 85.3. The van der Waals surface area contributed by atoms with Crippen LogP contribution in [0, 0.1) is 0 Å². The van der Waals surface area contributed by atoms with Crippen LogP contribution in [0.4, 0.5) is 0 Å². The number of hydrogen-bond acceptors (Lipinski definition) is 11. The van der Waals surface area contributed by atoms with Gasteiger partial charge in [0.1, 0.15) is 0 Å². The zero-order valence-corrected chi connectivity index (χ0v) is 26.8. The summed E-state index contributed by atoms with van der Waals surface area (Å²) in [7, 11) is 0. The largest absolute Gasteiger partial charge is 0.480 e. The van der Waals surface area contributed by atoms with E-state index in [4.69, 9.17) is 26.2 Å². The molecule has 0 bridgehead atoms. The Bertz CT molecular complexity index is 1130. The number of unbranched alkanes of at least 4 members (excludes halogenated alkanes) is 2. The normalized spacial score (nSPS) is 11.7. The van der Waals surface area contributed by atoms with Crippen molar-refractivity contribution in [3.05, 3.63) is 35.9 Å². The van der Waals surface area contributed by atoms with Crippen LogP contribution in [0.3, 0.4) is 0 Å². The van der Waals surface area contributed by atoms with E-state index in [9.17, 15) is 33.6 Å². The van der Waals surface area contributed by atoms with E-state index in [0.717, 1.165) is 15.4 Å². The first kappa shape index (κ1) is 41.4. The SMILES string of the molecule is N[C@H](CCc1ccccc1)C(=O)NNC(=O)CCCCCNC(=O)CN(CCN(CC(=O)O)CC(=O)O)CCN(CC(=O)O)CC(=O)O. The molecule has 0 aliphatic carbocycles. The van der Waals surface area contributed by atoms with E-state index in [1.54, 1.807) is 4.90 Å². The van der Waals surface area contributed by atoms with Gasteiger partial charge in [-0.05, 0) is 31.2 Å². The van der Waals surface area contributed by atoms with Crippen LogP contribution >= 0.6 is 0 Å². The van der Waals surface area contributed by atoms with Gasteiger partial charge in [0.15, 0.2) is 0 Å². The van der Waals surface area contributed by atoms with Crippen LogP contribution in [0.2, 0.25) is 0 Å². The molecule has 0 saturated carbocycles. The van der Waals surface area contributed by atoms with Crippen molar-refractivity contribution >= 4 is 41.6 Å². The fourth-order valence-electron chi connectivity index (χ4n) is 4.49. The molecule has 0 aromatic heterocycles. The summed E-state index contributed by atoms with van der Waals surface area (Å²) in [5.41, 5.74) is 11.6. The van der Waals surface area contributed by atoms with E-state index in [-0.39, 0.29) is 45.7 Å². The average molecular weight is 682 g/mol. The standard InChI is InChI=1S/C30H47N7O11/c31-23(11-10-22-7-3-1-4-8-22)30(48)34-33-24(38)9-5-2-6-12-32-25(39)17-35(13-15-36(18-26(40)41)19-27(42)43)14-16-37(20-28(44)45)21-29(46)47/h1,3-4,7-8,23H,2,5-6,9-21,31H2,(H,32,39)(H,33,38)(H,34,48)(H,40,41)(H,42,43)(H,44,45)(H,46,47)/t23-/m1/s1. The zero-order valence-electron chi connectivity index (χ0n) is 26.8. The van der Waals surface area contributed by atoms with E-state index in [1.165, 1.54) is 0 Å². The molecule has 3 amide bonds. The topological polar surface area (TPSA) is 272 Å². The summed E-state index contributed by atoms with van der Waals surface area (Å²) < 4.78 is 0. The van der Waals surface area contributed by atoms with E-state index < -0.39 is 73.8 Å². The first-order valence-corrected chi connectivity index (χ1v) is 15.4. The van der Waals surface area contributed by atoms with Crippen molar-refractivity contribution in [1.29, 1.82) is 0 Å². The van der Waals surface area contributed by atoms with Crippen molar-refractivity contribution in [3.63, 3.8) is 0 Å². The molecule has 0 heterocycles. The number of aryl methyl sites for hydroxylation is 1. The third-order valence-electron chi connectivity index (χ3n) is 6.92. The lowest BCUT2D eigenvalue weighted by molar-refractivity contribution is -0.143. The third-order valence-corrected chi connectivity index (χ3v) is 6.92. The Balaban J connectivity index is 2.47. The number of amides is 3. The van der Waals surface area contributed by atoms with E-state index in [0.29, 0.717) is 32.1 Å². The lowest BCUT2D eigenvalue weighted by Gasteiger charge is -2.28. The maximum absolute atomic E-state index is 12.7. The van der Waals surface area contributed by atoms with Crippen LogP contribution in [0.5, 0.6) is 0 Å². The van der Waals surface area contributed by atoms with E-state index in [1.807, 2.05) is 30.3 Å². The summed E-state index contributed by atoms with van der Waals surface area (Å²) in [5, 5.41) is 39.1. The number of carbonyl (C=O) groups is 7. The molecule has 0 fully saturated rings. The fourth-order valence-corrected chi connectivity index (χ4v) is 4.49. The van der Waals surface area contributed by atoms with Crippen LogP contribution in [-0.2, 0) is 40.0 Å². The van der Waals surface area contributed by atoms with Gasteiger partial charge in [0.2, 0.25) is 11.8 Å². The number of nitrogens with one attached hydrogen (secondary N) is 3. The average Bonchev–Trinajstić information content (AvgIpc) is 3.00. The van der Waals surface area contributed by atoms with Gasteiger partial charge in [0, 0.05) is 39.1 Å². The Hall–Kier alpha value is -4.65. The maximum atomic E-state index is 12.7. The molecule has 9 N–H and O–H groups in total. The van der Waals surface area contributed by atoms with Crippen molar-refractivity contribution in [2.75, 3.05) is 65.4 Å². The number of carboxylic acids is 4. The van der Waals surface area contributed by atoms with Crippen molar-refractivity contribution in [3.8, 4) is 0 Å². The molecule has 0 unspecified atom stereocenters. The van der Waals surface area contributed by atoms with Crippen molar-refractivity contribution in [2.45, 2.75) is 44.6 Å². The van der Waals surface area contributed by atoms with E-state index in [2.05, 4.69) is 16.2 Å². The minimum atomic E-state index is -1.24. The molecule has 268 valence electrons. The number of nitrogens with zero attached hydrogens (tertiary/aromatic N) is 3.